The summed E-state index contributed by atoms with van der Waals surface area (Å²) in [6, 6.07) is 9.79. The van der Waals surface area contributed by atoms with Crippen molar-refractivity contribution in [2.24, 2.45) is 0 Å². The predicted octanol–water partition coefficient (Wildman–Crippen LogP) is 4.52. The van der Waals surface area contributed by atoms with Gasteiger partial charge in [0.05, 0.1) is 5.56 Å². The van der Waals surface area contributed by atoms with Crippen LogP contribution in [0.1, 0.15) is 11.1 Å². The lowest BCUT2D eigenvalue weighted by Crippen LogP contribution is -2.09. The minimum absolute atomic E-state index is 0.0594. The molecule has 0 amide bonds. The van der Waals surface area contributed by atoms with E-state index >= 15 is 0 Å². The van der Waals surface area contributed by atoms with E-state index in [1.54, 1.807) is 12.1 Å². The summed E-state index contributed by atoms with van der Waals surface area (Å²) in [6.45, 7) is -0.0594. The number of alkyl halides is 3. The topological polar surface area (TPSA) is 35.2 Å². The van der Waals surface area contributed by atoms with Crippen LogP contribution in [0.2, 0.25) is 5.02 Å². The smallest absolute Gasteiger partial charge is 0.419 e. The third-order valence-electron chi connectivity index (χ3n) is 2.68. The SMILES string of the molecule is Nc1cc(Cl)ccc1COc1ccccc1C(F)(F)F. The van der Waals surface area contributed by atoms with E-state index in [-0.39, 0.29) is 12.4 Å². The number of hydrogen-bond donors (Lipinski definition) is 1. The predicted molar refractivity (Wildman–Crippen MR) is 71.6 cm³/mol. The van der Waals surface area contributed by atoms with Gasteiger partial charge in [-0.15, -0.1) is 0 Å². The van der Waals surface area contributed by atoms with Crippen LogP contribution in [0.4, 0.5) is 18.9 Å². The number of para-hydroxylation sites is 1. The molecule has 0 heterocycles. The van der Waals surface area contributed by atoms with E-state index in [4.69, 9.17) is 22.1 Å². The molecule has 0 unspecified atom stereocenters. The third-order valence-corrected chi connectivity index (χ3v) is 2.92. The van der Waals surface area contributed by atoms with Gasteiger partial charge in [-0.05, 0) is 24.3 Å². The average molecular weight is 302 g/mol. The lowest BCUT2D eigenvalue weighted by Gasteiger charge is -2.14. The van der Waals surface area contributed by atoms with Gasteiger partial charge in [0.1, 0.15) is 12.4 Å². The molecule has 0 saturated carbocycles. The van der Waals surface area contributed by atoms with E-state index in [1.165, 1.54) is 24.3 Å². The van der Waals surface area contributed by atoms with E-state index in [0.29, 0.717) is 16.3 Å². The number of hydrogen-bond acceptors (Lipinski definition) is 2. The van der Waals surface area contributed by atoms with Gasteiger partial charge in [-0.3, -0.25) is 0 Å². The second-order valence-corrected chi connectivity index (χ2v) is 4.56. The highest BCUT2D eigenvalue weighted by atomic mass is 35.5. The van der Waals surface area contributed by atoms with Crippen molar-refractivity contribution in [3.8, 4) is 5.75 Å². The summed E-state index contributed by atoms with van der Waals surface area (Å²) < 4.78 is 43.6. The largest absolute Gasteiger partial charge is 0.488 e. The van der Waals surface area contributed by atoms with Gasteiger partial charge < -0.3 is 10.5 Å². The van der Waals surface area contributed by atoms with Gasteiger partial charge in [0, 0.05) is 16.3 Å². The van der Waals surface area contributed by atoms with Gasteiger partial charge in [0.25, 0.3) is 0 Å². The van der Waals surface area contributed by atoms with E-state index in [9.17, 15) is 13.2 Å². The molecule has 0 saturated heterocycles. The summed E-state index contributed by atoms with van der Waals surface area (Å²) in [6.07, 6.45) is -4.46. The number of nitrogens with two attached hydrogens (primary N) is 1. The Kier molecular flexibility index (Phi) is 4.09. The summed E-state index contributed by atoms with van der Waals surface area (Å²) in [5, 5.41) is 0.460. The quantitative estimate of drug-likeness (QED) is 0.846. The molecule has 20 heavy (non-hydrogen) atoms. The van der Waals surface area contributed by atoms with Crippen molar-refractivity contribution in [3.63, 3.8) is 0 Å². The number of halogens is 4. The van der Waals surface area contributed by atoms with E-state index in [2.05, 4.69) is 0 Å². The molecule has 0 aromatic heterocycles. The van der Waals surface area contributed by atoms with Crippen molar-refractivity contribution in [2.45, 2.75) is 12.8 Å². The van der Waals surface area contributed by atoms with Crippen LogP contribution < -0.4 is 10.5 Å². The number of ether oxygens (including phenoxy) is 1. The highest BCUT2D eigenvalue weighted by molar-refractivity contribution is 6.30. The van der Waals surface area contributed by atoms with Crippen LogP contribution in [-0.4, -0.2) is 0 Å². The first-order valence-electron chi connectivity index (χ1n) is 5.71. The van der Waals surface area contributed by atoms with Crippen LogP contribution in [-0.2, 0) is 12.8 Å². The highest BCUT2D eigenvalue weighted by Crippen LogP contribution is 2.36. The zero-order chi connectivity index (χ0) is 14.8. The Morgan fingerprint density at radius 2 is 1.80 bits per heavy atom. The summed E-state index contributed by atoms with van der Waals surface area (Å²) in [5.74, 6) is -0.227. The maximum Gasteiger partial charge on any atom is 0.419 e. The average Bonchev–Trinajstić information content (AvgIpc) is 2.37. The number of rotatable bonds is 3. The number of nitrogen functional groups attached to an aromatic ring is 1. The second-order valence-electron chi connectivity index (χ2n) is 4.13. The molecule has 106 valence electrons. The fourth-order valence-corrected chi connectivity index (χ4v) is 1.86. The van der Waals surface area contributed by atoms with Crippen molar-refractivity contribution in [3.05, 3.63) is 58.6 Å². The molecule has 0 fully saturated rings. The Morgan fingerprint density at radius 3 is 2.45 bits per heavy atom. The van der Waals surface area contributed by atoms with Crippen LogP contribution in [0.5, 0.6) is 5.75 Å². The minimum Gasteiger partial charge on any atom is -0.488 e. The van der Waals surface area contributed by atoms with Crippen LogP contribution in [0.15, 0.2) is 42.5 Å². The lowest BCUT2D eigenvalue weighted by atomic mass is 10.2. The molecular formula is C14H11ClF3NO. The maximum absolute atomic E-state index is 12.8. The Labute approximate surface area is 118 Å². The molecule has 2 rings (SSSR count). The number of benzene rings is 2. The Bertz CT molecular complexity index is 614. The standard InChI is InChI=1S/C14H11ClF3NO/c15-10-6-5-9(12(19)7-10)8-20-13-4-2-1-3-11(13)14(16,17)18/h1-7H,8,19H2. The molecule has 0 aliphatic rings. The fourth-order valence-electron chi connectivity index (χ4n) is 1.68. The molecule has 2 aromatic rings. The summed E-state index contributed by atoms with van der Waals surface area (Å²) >= 11 is 5.75. The van der Waals surface area contributed by atoms with Gasteiger partial charge in [-0.1, -0.05) is 29.8 Å². The molecule has 0 aliphatic heterocycles. The van der Waals surface area contributed by atoms with Crippen molar-refractivity contribution in [1.82, 2.24) is 0 Å². The van der Waals surface area contributed by atoms with Crippen molar-refractivity contribution < 1.29 is 17.9 Å². The first kappa shape index (κ1) is 14.5. The first-order chi connectivity index (χ1) is 9.38. The van der Waals surface area contributed by atoms with Crippen LogP contribution >= 0.6 is 11.6 Å². The van der Waals surface area contributed by atoms with Gasteiger partial charge >= 0.3 is 6.18 Å². The Balaban J connectivity index is 2.19. The normalized spacial score (nSPS) is 11.4. The fraction of sp³-hybridized carbons (Fsp3) is 0.143. The monoisotopic (exact) mass is 301 g/mol. The molecule has 0 radical (unpaired) electrons. The zero-order valence-corrected chi connectivity index (χ0v) is 11.0. The molecule has 2 nitrogen and oxygen atoms in total. The minimum atomic E-state index is -4.46. The van der Waals surface area contributed by atoms with Crippen LogP contribution in [0.3, 0.4) is 0 Å². The molecule has 0 spiro atoms. The number of anilines is 1. The van der Waals surface area contributed by atoms with Gasteiger partial charge in [0.2, 0.25) is 0 Å². The van der Waals surface area contributed by atoms with Crippen molar-refractivity contribution >= 4 is 17.3 Å². The van der Waals surface area contributed by atoms with Gasteiger partial charge in [-0.25, -0.2) is 0 Å². The Hall–Kier alpha value is -1.88. The van der Waals surface area contributed by atoms with Gasteiger partial charge in [-0.2, -0.15) is 13.2 Å². The van der Waals surface area contributed by atoms with Crippen molar-refractivity contribution in [1.29, 1.82) is 0 Å². The maximum atomic E-state index is 12.8. The summed E-state index contributed by atoms with van der Waals surface area (Å²) in [4.78, 5) is 0. The van der Waals surface area contributed by atoms with Gasteiger partial charge in [0.15, 0.2) is 0 Å². The van der Waals surface area contributed by atoms with E-state index in [0.717, 1.165) is 6.07 Å². The first-order valence-corrected chi connectivity index (χ1v) is 6.08. The molecule has 2 aromatic carbocycles. The summed E-state index contributed by atoms with van der Waals surface area (Å²) in [7, 11) is 0. The molecule has 0 bridgehead atoms. The molecule has 0 atom stereocenters. The highest BCUT2D eigenvalue weighted by Gasteiger charge is 2.33. The van der Waals surface area contributed by atoms with E-state index < -0.39 is 11.7 Å². The zero-order valence-electron chi connectivity index (χ0n) is 10.2. The Morgan fingerprint density at radius 1 is 1.10 bits per heavy atom. The molecular weight excluding hydrogens is 291 g/mol. The van der Waals surface area contributed by atoms with Crippen LogP contribution in [0.25, 0.3) is 0 Å². The molecule has 0 aliphatic carbocycles. The second kappa shape index (κ2) is 5.63. The van der Waals surface area contributed by atoms with Crippen LogP contribution in [0, 0.1) is 0 Å². The molecule has 2 N–H and O–H groups in total. The third kappa shape index (κ3) is 3.36. The molecule has 6 heteroatoms. The van der Waals surface area contributed by atoms with Crippen molar-refractivity contribution in [2.75, 3.05) is 5.73 Å². The summed E-state index contributed by atoms with van der Waals surface area (Å²) in [5.41, 5.74) is 5.86. The van der Waals surface area contributed by atoms with E-state index in [1.807, 2.05) is 0 Å². The lowest BCUT2D eigenvalue weighted by molar-refractivity contribution is -0.139.